The number of likely N-dealkylation sites (tertiary alicyclic amines) is 1. The van der Waals surface area contributed by atoms with Gasteiger partial charge >= 0.3 is 0 Å². The smallest absolute Gasteiger partial charge is 0.227 e. The van der Waals surface area contributed by atoms with E-state index in [9.17, 15) is 4.79 Å². The monoisotopic (exact) mass is 342 g/mol. The van der Waals surface area contributed by atoms with Crippen LogP contribution < -0.4 is 0 Å². The maximum Gasteiger partial charge on any atom is 0.227 e. The minimum absolute atomic E-state index is 0.155. The van der Waals surface area contributed by atoms with Gasteiger partial charge in [-0.2, -0.15) is 0 Å². The highest BCUT2D eigenvalue weighted by Crippen LogP contribution is 2.20. The topological polar surface area (TPSA) is 55.6 Å². The van der Waals surface area contributed by atoms with Crippen LogP contribution in [-0.2, 0) is 22.6 Å². The molecule has 1 atom stereocenters. The van der Waals surface area contributed by atoms with Gasteiger partial charge in [-0.3, -0.25) is 4.79 Å². The van der Waals surface area contributed by atoms with E-state index >= 15 is 0 Å². The summed E-state index contributed by atoms with van der Waals surface area (Å²) in [4.78, 5) is 14.6. The Bertz CT molecular complexity index is 677. The summed E-state index contributed by atoms with van der Waals surface area (Å²) in [5, 5.41) is 3.93. The molecule has 1 fully saturated rings. The third-order valence-electron chi connectivity index (χ3n) is 4.85. The molecule has 1 aliphatic heterocycles. The molecule has 2 heterocycles. The number of piperidine rings is 1. The lowest BCUT2D eigenvalue weighted by atomic mass is 9.98. The highest BCUT2D eigenvalue weighted by Gasteiger charge is 2.25. The highest BCUT2D eigenvalue weighted by molar-refractivity contribution is 5.79. The average molecular weight is 342 g/mol. The Labute approximate surface area is 148 Å². The number of aromatic nitrogens is 1. The second kappa shape index (κ2) is 8.30. The molecule has 1 unspecified atom stereocenters. The molecule has 0 aliphatic carbocycles. The van der Waals surface area contributed by atoms with E-state index in [1.807, 2.05) is 36.9 Å². The lowest BCUT2D eigenvalue weighted by Crippen LogP contribution is -2.42. The third kappa shape index (κ3) is 4.69. The molecule has 0 bridgehead atoms. The minimum atomic E-state index is 0.155. The largest absolute Gasteiger partial charge is 0.376 e. The van der Waals surface area contributed by atoms with Crippen molar-refractivity contribution in [1.82, 2.24) is 10.1 Å². The summed E-state index contributed by atoms with van der Waals surface area (Å²) in [6.45, 7) is 6.68. The molecule has 0 saturated carbocycles. The van der Waals surface area contributed by atoms with Gasteiger partial charge in [-0.1, -0.05) is 35.5 Å². The van der Waals surface area contributed by atoms with E-state index in [1.165, 1.54) is 5.56 Å². The first-order valence-electron chi connectivity index (χ1n) is 8.94. The zero-order chi connectivity index (χ0) is 17.6. The maximum atomic E-state index is 12.6. The number of hydrogen-bond acceptors (Lipinski definition) is 4. The zero-order valence-electron chi connectivity index (χ0n) is 15.0. The highest BCUT2D eigenvalue weighted by atomic mass is 16.5. The molecule has 0 radical (unpaired) electrons. The zero-order valence-corrected chi connectivity index (χ0v) is 15.0. The Hall–Kier alpha value is -2.14. The number of hydrogen-bond donors (Lipinski definition) is 0. The summed E-state index contributed by atoms with van der Waals surface area (Å²) in [7, 11) is 0. The van der Waals surface area contributed by atoms with Crippen LogP contribution in [0.1, 0.15) is 35.4 Å². The molecule has 0 N–H and O–H groups in total. The van der Waals surface area contributed by atoms with Crippen LogP contribution in [0.25, 0.3) is 0 Å². The predicted molar refractivity (Wildman–Crippen MR) is 95.1 cm³/mol. The molecular formula is C20H26N2O3. The van der Waals surface area contributed by atoms with Crippen LogP contribution in [0.2, 0.25) is 0 Å². The fraction of sp³-hybridized carbons (Fsp3) is 0.500. The van der Waals surface area contributed by atoms with Gasteiger partial charge in [0.2, 0.25) is 5.91 Å². The van der Waals surface area contributed by atoms with Crippen LogP contribution in [0.15, 0.2) is 34.9 Å². The van der Waals surface area contributed by atoms with Crippen molar-refractivity contribution in [2.75, 3.05) is 19.7 Å². The summed E-state index contributed by atoms with van der Waals surface area (Å²) in [5.41, 5.74) is 2.92. The van der Waals surface area contributed by atoms with Crippen molar-refractivity contribution in [3.63, 3.8) is 0 Å². The van der Waals surface area contributed by atoms with Gasteiger partial charge in [-0.25, -0.2) is 0 Å². The molecule has 3 rings (SSSR count). The summed E-state index contributed by atoms with van der Waals surface area (Å²) in [5.74, 6) is 1.30. The van der Waals surface area contributed by atoms with Gasteiger partial charge in [-0.15, -0.1) is 0 Å². The molecule has 134 valence electrons. The van der Waals surface area contributed by atoms with E-state index < -0.39 is 0 Å². The lowest BCUT2D eigenvalue weighted by molar-refractivity contribution is -0.132. The summed E-state index contributed by atoms with van der Waals surface area (Å²) in [6, 6.07) is 10.2. The maximum absolute atomic E-state index is 12.6. The van der Waals surface area contributed by atoms with Crippen molar-refractivity contribution in [3.05, 3.63) is 52.9 Å². The number of carbonyl (C=O) groups excluding carboxylic acids is 1. The first-order chi connectivity index (χ1) is 12.1. The average Bonchev–Trinajstić information content (AvgIpc) is 2.95. The lowest BCUT2D eigenvalue weighted by Gasteiger charge is -2.32. The van der Waals surface area contributed by atoms with Crippen LogP contribution >= 0.6 is 0 Å². The molecule has 1 amide bonds. The first kappa shape index (κ1) is 17.7. The Kier molecular flexibility index (Phi) is 5.87. The van der Waals surface area contributed by atoms with Gasteiger partial charge in [0, 0.05) is 18.7 Å². The van der Waals surface area contributed by atoms with E-state index in [1.54, 1.807) is 0 Å². The van der Waals surface area contributed by atoms with Crippen molar-refractivity contribution in [2.45, 2.75) is 39.7 Å². The number of aryl methyl sites for hydroxylation is 2. The number of ether oxygens (including phenoxy) is 1. The van der Waals surface area contributed by atoms with Gasteiger partial charge in [0.15, 0.2) is 0 Å². The van der Waals surface area contributed by atoms with Crippen LogP contribution in [0.4, 0.5) is 0 Å². The number of rotatable bonds is 6. The number of benzene rings is 1. The fourth-order valence-corrected chi connectivity index (χ4v) is 3.36. The quantitative estimate of drug-likeness (QED) is 0.808. The van der Waals surface area contributed by atoms with Crippen molar-refractivity contribution >= 4 is 5.91 Å². The van der Waals surface area contributed by atoms with Crippen LogP contribution in [0.3, 0.4) is 0 Å². The molecule has 5 nitrogen and oxygen atoms in total. The Morgan fingerprint density at radius 1 is 1.32 bits per heavy atom. The Balaban J connectivity index is 1.48. The molecule has 1 aliphatic rings. The molecular weight excluding hydrogens is 316 g/mol. The summed E-state index contributed by atoms with van der Waals surface area (Å²) < 4.78 is 11.0. The van der Waals surface area contributed by atoms with Gasteiger partial charge in [0.05, 0.1) is 25.3 Å². The van der Waals surface area contributed by atoms with Gasteiger partial charge in [0.1, 0.15) is 5.76 Å². The van der Waals surface area contributed by atoms with E-state index in [2.05, 4.69) is 17.3 Å². The standard InChI is InChI=1S/C20H26N2O3/c1-15-19(16(2)25-21-15)11-20(23)22-10-6-9-18(12-22)14-24-13-17-7-4-3-5-8-17/h3-5,7-8,18H,6,9-14H2,1-2H3. The van der Waals surface area contributed by atoms with Gasteiger partial charge < -0.3 is 14.2 Å². The molecule has 1 aromatic carbocycles. The predicted octanol–water partition coefficient (Wildman–Crippen LogP) is 3.29. The SMILES string of the molecule is Cc1noc(C)c1CC(=O)N1CCCC(COCc2ccccc2)C1. The van der Waals surface area contributed by atoms with Crippen LogP contribution in [0, 0.1) is 19.8 Å². The number of carbonyl (C=O) groups is 1. The number of amides is 1. The molecule has 25 heavy (non-hydrogen) atoms. The van der Waals surface area contributed by atoms with E-state index in [-0.39, 0.29) is 5.91 Å². The Morgan fingerprint density at radius 3 is 2.84 bits per heavy atom. The molecule has 1 aromatic heterocycles. The van der Waals surface area contributed by atoms with Crippen molar-refractivity contribution in [1.29, 1.82) is 0 Å². The molecule has 0 spiro atoms. The van der Waals surface area contributed by atoms with Crippen molar-refractivity contribution in [2.24, 2.45) is 5.92 Å². The third-order valence-corrected chi connectivity index (χ3v) is 4.85. The summed E-state index contributed by atoms with van der Waals surface area (Å²) in [6.07, 6.45) is 2.52. The van der Waals surface area contributed by atoms with Crippen LogP contribution in [0.5, 0.6) is 0 Å². The van der Waals surface area contributed by atoms with E-state index in [0.29, 0.717) is 25.6 Å². The van der Waals surface area contributed by atoms with Crippen molar-refractivity contribution < 1.29 is 14.1 Å². The van der Waals surface area contributed by atoms with Gasteiger partial charge in [0.25, 0.3) is 0 Å². The second-order valence-electron chi connectivity index (χ2n) is 6.83. The minimum Gasteiger partial charge on any atom is -0.376 e. The summed E-state index contributed by atoms with van der Waals surface area (Å²) >= 11 is 0. The Morgan fingerprint density at radius 2 is 2.12 bits per heavy atom. The first-order valence-corrected chi connectivity index (χ1v) is 8.94. The van der Waals surface area contributed by atoms with Gasteiger partial charge in [-0.05, 0) is 38.2 Å². The molecule has 5 heteroatoms. The van der Waals surface area contributed by atoms with Crippen molar-refractivity contribution in [3.8, 4) is 0 Å². The number of nitrogens with zero attached hydrogens (tertiary/aromatic N) is 2. The van der Waals surface area contributed by atoms with Crippen LogP contribution in [-0.4, -0.2) is 35.7 Å². The fourth-order valence-electron chi connectivity index (χ4n) is 3.36. The second-order valence-corrected chi connectivity index (χ2v) is 6.83. The van der Waals surface area contributed by atoms with E-state index in [4.69, 9.17) is 9.26 Å². The normalized spacial score (nSPS) is 17.7. The molecule has 2 aromatic rings. The molecule has 1 saturated heterocycles. The van der Waals surface area contributed by atoms with E-state index in [0.717, 1.165) is 42.9 Å².